The van der Waals surface area contributed by atoms with Crippen LogP contribution in [0.25, 0.3) is 0 Å². The molecular weight excluding hydrogens is 347 g/mol. The highest BCUT2D eigenvalue weighted by molar-refractivity contribution is 5.73. The highest BCUT2D eigenvalue weighted by atomic mass is 19.1. The lowest BCUT2D eigenvalue weighted by atomic mass is 10.1. The van der Waals surface area contributed by atoms with Crippen molar-refractivity contribution in [3.63, 3.8) is 0 Å². The van der Waals surface area contributed by atoms with Crippen molar-refractivity contribution < 1.29 is 18.7 Å². The number of nitrogens with zero attached hydrogens (tertiary/aromatic N) is 1. The van der Waals surface area contributed by atoms with Crippen molar-refractivity contribution in [2.24, 2.45) is 0 Å². The van der Waals surface area contributed by atoms with Crippen LogP contribution in [0.1, 0.15) is 31.9 Å². The molecule has 0 radical (unpaired) electrons. The number of methoxy groups -OCH3 is 1. The Morgan fingerprint density at radius 1 is 1.22 bits per heavy atom. The third-order valence-electron chi connectivity index (χ3n) is 4.74. The second-order valence-corrected chi connectivity index (χ2v) is 6.78. The minimum atomic E-state index is -0.286. The Kier molecular flexibility index (Phi) is 5.84. The van der Waals surface area contributed by atoms with Gasteiger partial charge in [0.05, 0.1) is 25.4 Å². The van der Waals surface area contributed by atoms with Crippen molar-refractivity contribution in [1.82, 2.24) is 5.32 Å². The monoisotopic (exact) mass is 372 g/mol. The highest BCUT2D eigenvalue weighted by Crippen LogP contribution is 2.28. The van der Waals surface area contributed by atoms with Crippen LogP contribution in [0.2, 0.25) is 0 Å². The fourth-order valence-electron chi connectivity index (χ4n) is 3.33. The normalized spacial score (nSPS) is 17.5. The summed E-state index contributed by atoms with van der Waals surface area (Å²) in [6.45, 7) is 4.82. The molecule has 6 heteroatoms. The fraction of sp³-hybridized carbons (Fsp3) is 0.381. The highest BCUT2D eigenvalue weighted by Gasteiger charge is 2.26. The molecule has 1 saturated heterocycles. The summed E-state index contributed by atoms with van der Waals surface area (Å²) in [6.07, 6.45) is 0.834. The molecule has 0 spiro atoms. The van der Waals surface area contributed by atoms with Crippen LogP contribution in [0.4, 0.5) is 10.1 Å². The Labute approximate surface area is 159 Å². The molecule has 27 heavy (non-hydrogen) atoms. The van der Waals surface area contributed by atoms with Gasteiger partial charge in [-0.15, -0.1) is 0 Å². The largest absolute Gasteiger partial charge is 0.497 e. The number of hydrogen-bond donors (Lipinski definition) is 1. The first kappa shape index (κ1) is 19.0. The lowest BCUT2D eigenvalue weighted by Gasteiger charge is -2.20. The summed E-state index contributed by atoms with van der Waals surface area (Å²) in [5.74, 6) is 0.943. The Balaban J connectivity index is 1.59. The summed E-state index contributed by atoms with van der Waals surface area (Å²) in [5, 5.41) is 2.86. The first-order valence-corrected chi connectivity index (χ1v) is 9.08. The number of hydrogen-bond acceptors (Lipinski definition) is 4. The standard InChI is InChI=1S/C21H25FN2O3/c1-14(23-15(2)25)16-4-6-17(7-5-16)27-19-10-11-24(13-19)21-9-8-18(26-3)12-20(21)22/h4-9,12,14,19H,10-11,13H2,1-3H3,(H,23,25)/t14-,19+/m0/s1. The van der Waals surface area contributed by atoms with Gasteiger partial charge in [0.25, 0.3) is 0 Å². The number of nitrogens with one attached hydrogen (secondary N) is 1. The van der Waals surface area contributed by atoms with Crippen molar-refractivity contribution in [1.29, 1.82) is 0 Å². The van der Waals surface area contributed by atoms with Crippen molar-refractivity contribution >= 4 is 11.6 Å². The number of carbonyl (C=O) groups is 1. The Hall–Kier alpha value is -2.76. The molecule has 0 aromatic heterocycles. The molecule has 1 aliphatic heterocycles. The molecule has 1 heterocycles. The van der Waals surface area contributed by atoms with Crippen molar-refractivity contribution in [2.75, 3.05) is 25.1 Å². The van der Waals surface area contributed by atoms with Crippen molar-refractivity contribution in [3.8, 4) is 11.5 Å². The predicted molar refractivity (Wildman–Crippen MR) is 103 cm³/mol. The first-order chi connectivity index (χ1) is 13.0. The Bertz CT molecular complexity index is 795. The summed E-state index contributed by atoms with van der Waals surface area (Å²) < 4.78 is 25.4. The summed E-state index contributed by atoms with van der Waals surface area (Å²) in [5.41, 5.74) is 1.59. The minimum absolute atomic E-state index is 0.00474. The van der Waals surface area contributed by atoms with E-state index in [9.17, 15) is 9.18 Å². The Morgan fingerprint density at radius 3 is 2.56 bits per heavy atom. The molecule has 1 N–H and O–H groups in total. The topological polar surface area (TPSA) is 50.8 Å². The maximum atomic E-state index is 14.3. The van der Waals surface area contributed by atoms with Gasteiger partial charge in [0.15, 0.2) is 0 Å². The molecular formula is C21H25FN2O3. The van der Waals surface area contributed by atoms with Crippen LogP contribution >= 0.6 is 0 Å². The second-order valence-electron chi connectivity index (χ2n) is 6.78. The summed E-state index contributed by atoms with van der Waals surface area (Å²) in [7, 11) is 1.52. The van der Waals surface area contributed by atoms with E-state index in [1.165, 1.54) is 20.1 Å². The molecule has 1 aliphatic rings. The van der Waals surface area contributed by atoms with Crippen LogP contribution in [0.3, 0.4) is 0 Å². The number of halogens is 1. The maximum Gasteiger partial charge on any atom is 0.217 e. The molecule has 5 nitrogen and oxygen atoms in total. The number of ether oxygens (including phenoxy) is 2. The van der Waals surface area contributed by atoms with Crippen LogP contribution in [-0.2, 0) is 4.79 Å². The lowest BCUT2D eigenvalue weighted by molar-refractivity contribution is -0.119. The third kappa shape index (κ3) is 4.70. The van der Waals surface area contributed by atoms with Gasteiger partial charge in [0, 0.05) is 26.0 Å². The number of anilines is 1. The van der Waals surface area contributed by atoms with Crippen molar-refractivity contribution in [3.05, 3.63) is 53.8 Å². The SMILES string of the molecule is COc1ccc(N2CC[C@@H](Oc3ccc([C@H](C)NC(C)=O)cc3)C2)c(F)c1. The molecule has 3 rings (SSSR count). The number of carbonyl (C=O) groups excluding carboxylic acids is 1. The summed E-state index contributed by atoms with van der Waals surface area (Å²) >= 11 is 0. The van der Waals surface area contributed by atoms with Crippen LogP contribution in [0.5, 0.6) is 11.5 Å². The van der Waals surface area contributed by atoms with Gasteiger partial charge in [-0.3, -0.25) is 4.79 Å². The minimum Gasteiger partial charge on any atom is -0.497 e. The Morgan fingerprint density at radius 2 is 1.93 bits per heavy atom. The first-order valence-electron chi connectivity index (χ1n) is 9.08. The number of rotatable bonds is 6. The van der Waals surface area contributed by atoms with E-state index in [2.05, 4.69) is 5.32 Å². The van der Waals surface area contributed by atoms with E-state index in [1.54, 1.807) is 12.1 Å². The van der Waals surface area contributed by atoms with Crippen molar-refractivity contribution in [2.45, 2.75) is 32.4 Å². The van der Waals surface area contributed by atoms with Crippen LogP contribution < -0.4 is 19.7 Å². The average Bonchev–Trinajstić information content (AvgIpc) is 3.09. The van der Waals surface area contributed by atoms with E-state index >= 15 is 0 Å². The molecule has 0 bridgehead atoms. The van der Waals surface area contributed by atoms with Gasteiger partial charge in [-0.1, -0.05) is 12.1 Å². The van der Waals surface area contributed by atoms with E-state index < -0.39 is 0 Å². The van der Waals surface area contributed by atoms with Gasteiger partial charge in [-0.2, -0.15) is 0 Å². The van der Waals surface area contributed by atoms with E-state index in [1.807, 2.05) is 36.1 Å². The molecule has 1 amide bonds. The lowest BCUT2D eigenvalue weighted by Crippen LogP contribution is -2.25. The van der Waals surface area contributed by atoms with E-state index in [4.69, 9.17) is 9.47 Å². The van der Waals surface area contributed by atoms with Gasteiger partial charge in [0.2, 0.25) is 5.91 Å². The van der Waals surface area contributed by atoms with Gasteiger partial charge >= 0.3 is 0 Å². The molecule has 2 atom stereocenters. The molecule has 0 aliphatic carbocycles. The summed E-state index contributed by atoms with van der Waals surface area (Å²) in [4.78, 5) is 13.2. The molecule has 1 fully saturated rings. The third-order valence-corrected chi connectivity index (χ3v) is 4.74. The van der Waals surface area contributed by atoms with Crippen LogP contribution in [0, 0.1) is 5.82 Å². The number of amides is 1. The maximum absolute atomic E-state index is 14.3. The van der Waals surface area contributed by atoms with Gasteiger partial charge in [-0.05, 0) is 36.8 Å². The van der Waals surface area contributed by atoms with Crippen LogP contribution in [0.15, 0.2) is 42.5 Å². The van der Waals surface area contributed by atoms with E-state index in [0.717, 1.165) is 24.3 Å². The molecule has 0 unspecified atom stereocenters. The average molecular weight is 372 g/mol. The molecule has 2 aromatic rings. The second kappa shape index (κ2) is 8.29. The zero-order valence-electron chi connectivity index (χ0n) is 15.9. The smallest absolute Gasteiger partial charge is 0.217 e. The predicted octanol–water partition coefficient (Wildman–Crippen LogP) is 3.69. The van der Waals surface area contributed by atoms with Gasteiger partial charge in [-0.25, -0.2) is 4.39 Å². The van der Waals surface area contributed by atoms with E-state index in [-0.39, 0.29) is 23.9 Å². The molecule has 0 saturated carbocycles. The van der Waals surface area contributed by atoms with E-state index in [0.29, 0.717) is 18.0 Å². The fourth-order valence-corrected chi connectivity index (χ4v) is 3.33. The van der Waals surface area contributed by atoms with Gasteiger partial charge in [0.1, 0.15) is 23.4 Å². The quantitative estimate of drug-likeness (QED) is 0.840. The summed E-state index contributed by atoms with van der Waals surface area (Å²) in [6, 6.07) is 12.6. The molecule has 2 aromatic carbocycles. The number of benzene rings is 2. The zero-order valence-corrected chi connectivity index (χ0v) is 15.9. The molecule has 144 valence electrons. The van der Waals surface area contributed by atoms with Gasteiger partial charge < -0.3 is 19.7 Å². The zero-order chi connectivity index (χ0) is 19.4. The van der Waals surface area contributed by atoms with Crippen LogP contribution in [-0.4, -0.2) is 32.2 Å².